The second-order valence-corrected chi connectivity index (χ2v) is 20.2. The first-order valence-corrected chi connectivity index (χ1v) is 24.5. The molecule has 2 saturated carbocycles. The van der Waals surface area contributed by atoms with Gasteiger partial charge in [-0.1, -0.05) is 99.2 Å². The van der Waals surface area contributed by atoms with Crippen LogP contribution in [0.4, 0.5) is 9.59 Å². The number of carbonyl (C=O) groups excluding carboxylic acids is 6. The molecule has 4 heterocycles. The van der Waals surface area contributed by atoms with E-state index in [1.165, 1.54) is 20.5 Å². The number of thiophene rings is 2. The number of nitrogens with zero attached hydrogens (tertiary/aromatic N) is 4. The van der Waals surface area contributed by atoms with Crippen molar-refractivity contribution in [2.24, 2.45) is 0 Å². The molecule has 0 unspecified atom stereocenters. The Bertz CT molecular complexity index is 2980. The van der Waals surface area contributed by atoms with Crippen LogP contribution in [0, 0.1) is 22.7 Å². The lowest BCUT2D eigenvalue weighted by atomic mass is 9.66. The summed E-state index contributed by atoms with van der Waals surface area (Å²) in [7, 11) is 0. The van der Waals surface area contributed by atoms with Crippen LogP contribution in [-0.4, -0.2) is 45.6 Å². The van der Waals surface area contributed by atoms with E-state index < -0.39 is 46.6 Å². The minimum absolute atomic E-state index is 0.0988. The van der Waals surface area contributed by atoms with Crippen molar-refractivity contribution in [2.75, 3.05) is 0 Å². The maximum Gasteiger partial charge on any atom is 0.424 e. The van der Waals surface area contributed by atoms with Crippen molar-refractivity contribution in [1.82, 2.24) is 9.80 Å². The van der Waals surface area contributed by atoms with E-state index in [0.29, 0.717) is 20.9 Å². The smallest absolute Gasteiger partial charge is 0.424 e. The Kier molecular flexibility index (Phi) is 11.4. The third kappa shape index (κ3) is 7.04. The predicted octanol–water partition coefficient (Wildman–Crippen LogP) is 11.1. The maximum atomic E-state index is 14.3. The summed E-state index contributed by atoms with van der Waals surface area (Å²) in [5, 5.41) is 20.3. The Morgan fingerprint density at radius 3 is 1.31 bits per heavy atom. The normalized spacial score (nSPS) is 20.8. The molecular formula is C54H44N4O8S2. The van der Waals surface area contributed by atoms with Crippen LogP contribution in [-0.2, 0) is 52.7 Å². The molecule has 14 heteroatoms. The van der Waals surface area contributed by atoms with Crippen molar-refractivity contribution >= 4 is 80.0 Å². The first-order chi connectivity index (χ1) is 32.9. The summed E-state index contributed by atoms with van der Waals surface area (Å²) in [5.74, 6) is -3.69. The van der Waals surface area contributed by atoms with E-state index in [2.05, 4.69) is 12.2 Å². The molecular weight excluding hydrogens is 897 g/mol. The van der Waals surface area contributed by atoms with Gasteiger partial charge in [-0.05, 0) is 108 Å². The van der Waals surface area contributed by atoms with Crippen molar-refractivity contribution in [2.45, 2.75) is 102 Å². The van der Waals surface area contributed by atoms with E-state index in [-0.39, 0.29) is 46.7 Å². The Labute approximate surface area is 400 Å². The van der Waals surface area contributed by atoms with Crippen LogP contribution in [0.1, 0.15) is 110 Å². The minimum Gasteiger partial charge on any atom is -0.444 e. The van der Waals surface area contributed by atoms with E-state index in [1.54, 1.807) is 97.2 Å². The molecule has 2 aromatic carbocycles. The van der Waals surface area contributed by atoms with Gasteiger partial charge in [-0.15, -0.1) is 22.7 Å². The average molecular weight is 941 g/mol. The molecule has 2 aromatic heterocycles. The highest BCUT2D eigenvalue weighted by Crippen LogP contribution is 2.63. The SMILES string of the molecule is CC1=C(C#N)C(=O)N(C(=O)OCc2ccccc2)C(=O)/C1=C/C1=Cc2sc3c4c(sc3c2C12CCCCC2)C=C(/C=C1/C(=O)N(C(=O)OCc2ccccc2)C(=O)C(C#N)=C1C)C41CCCCC1. The molecule has 0 saturated heterocycles. The molecule has 0 N–H and O–H groups in total. The summed E-state index contributed by atoms with van der Waals surface area (Å²) in [6.07, 6.45) is 14.8. The van der Waals surface area contributed by atoms with Crippen molar-refractivity contribution in [1.29, 1.82) is 10.5 Å². The van der Waals surface area contributed by atoms with E-state index >= 15 is 0 Å². The number of hydrogen-bond donors (Lipinski definition) is 0. The zero-order valence-electron chi connectivity index (χ0n) is 37.4. The second-order valence-electron chi connectivity index (χ2n) is 18.1. The van der Waals surface area contributed by atoms with E-state index in [0.717, 1.165) is 85.1 Å². The molecule has 2 fully saturated rings. The van der Waals surface area contributed by atoms with Crippen LogP contribution in [0.15, 0.2) is 117 Å². The van der Waals surface area contributed by atoms with Crippen molar-refractivity contribution < 1.29 is 38.2 Å². The number of carbonyl (C=O) groups is 6. The van der Waals surface area contributed by atoms with Gasteiger partial charge >= 0.3 is 12.2 Å². The highest BCUT2D eigenvalue weighted by molar-refractivity contribution is 7.29. The van der Waals surface area contributed by atoms with E-state index in [1.807, 2.05) is 24.3 Å². The molecule has 68 heavy (non-hydrogen) atoms. The Balaban J connectivity index is 1.03. The van der Waals surface area contributed by atoms with Crippen LogP contribution in [0.5, 0.6) is 0 Å². The Morgan fingerprint density at radius 1 is 0.588 bits per heavy atom. The molecule has 0 radical (unpaired) electrons. The lowest BCUT2D eigenvalue weighted by Crippen LogP contribution is -2.46. The van der Waals surface area contributed by atoms with Gasteiger partial charge in [0.25, 0.3) is 23.6 Å². The first kappa shape index (κ1) is 44.6. The van der Waals surface area contributed by atoms with Crippen molar-refractivity contribution in [3.05, 3.63) is 149 Å². The van der Waals surface area contributed by atoms with Crippen LogP contribution >= 0.6 is 22.7 Å². The molecule has 10 rings (SSSR count). The molecule has 12 nitrogen and oxygen atoms in total. The van der Waals surface area contributed by atoms with E-state index in [9.17, 15) is 39.3 Å². The van der Waals surface area contributed by atoms with Gasteiger partial charge in [0.1, 0.15) is 36.5 Å². The highest BCUT2D eigenvalue weighted by atomic mass is 32.1. The number of benzene rings is 2. The largest absolute Gasteiger partial charge is 0.444 e. The second kappa shape index (κ2) is 17.4. The fourth-order valence-electron chi connectivity index (χ4n) is 11.0. The lowest BCUT2D eigenvalue weighted by Gasteiger charge is -2.37. The summed E-state index contributed by atoms with van der Waals surface area (Å²) in [4.78, 5) is 85.5. The summed E-state index contributed by atoms with van der Waals surface area (Å²) < 4.78 is 13.2. The Morgan fingerprint density at radius 2 is 0.956 bits per heavy atom. The molecule has 6 aliphatic rings. The number of ether oxygens (including phenoxy) is 2. The molecule has 0 bridgehead atoms. The zero-order chi connectivity index (χ0) is 47.5. The van der Waals surface area contributed by atoms with Crippen LogP contribution in [0.25, 0.3) is 21.6 Å². The summed E-state index contributed by atoms with van der Waals surface area (Å²) in [5.41, 5.74) is 4.69. The number of allylic oxidation sites excluding steroid dienone is 4. The molecule has 2 aliphatic heterocycles. The predicted molar refractivity (Wildman–Crippen MR) is 255 cm³/mol. The topological polar surface area (TPSA) is 175 Å². The molecule has 2 spiro atoms. The summed E-state index contributed by atoms with van der Waals surface area (Å²) >= 11 is 3.41. The third-order valence-electron chi connectivity index (χ3n) is 14.5. The van der Waals surface area contributed by atoms with Crippen LogP contribution in [0.3, 0.4) is 0 Å². The number of hydrogen-bond acceptors (Lipinski definition) is 12. The molecule has 6 amide bonds. The Hall–Kier alpha value is -7.26. The summed E-state index contributed by atoms with van der Waals surface area (Å²) in [6, 6.07) is 21.7. The minimum atomic E-state index is -1.15. The van der Waals surface area contributed by atoms with Gasteiger partial charge < -0.3 is 9.47 Å². The van der Waals surface area contributed by atoms with Crippen molar-refractivity contribution in [3.8, 4) is 12.1 Å². The molecule has 0 atom stereocenters. The number of nitriles is 2. The van der Waals surface area contributed by atoms with E-state index in [4.69, 9.17) is 9.47 Å². The average Bonchev–Trinajstić information content (AvgIpc) is 4.04. The van der Waals surface area contributed by atoms with Crippen LogP contribution < -0.4 is 0 Å². The van der Waals surface area contributed by atoms with Crippen LogP contribution in [0.2, 0.25) is 0 Å². The monoisotopic (exact) mass is 940 g/mol. The fraction of sp³-hybridized carbons (Fsp3) is 0.296. The van der Waals surface area contributed by atoms with Gasteiger partial charge in [0.05, 0.1) is 9.40 Å². The number of rotatable bonds is 6. The molecule has 340 valence electrons. The number of imide groups is 6. The van der Waals surface area contributed by atoms with Gasteiger partial charge in [-0.2, -0.15) is 20.3 Å². The first-order valence-electron chi connectivity index (χ1n) is 22.8. The molecule has 4 aliphatic carbocycles. The standard InChI is InChI=1S/C54H44N4O8S2/c1-31-37(47(59)57(49(61)39(31)27-55)51(63)65-29-33-15-7-3-8-16-33)23-35-25-41-43(53(35)19-11-5-12-20-53)45-46(67-41)44-42(68-45)26-36(54(44)21-13-6-14-22-54)24-38-32(2)40(28-56)50(62)58(48(38)60)52(64)66-30-34-17-9-4-10-18-34/h3-4,7-10,15-18,23-26H,5-6,11-14,19-22,29-30H2,1-2H3/b37-23+,38-24+. The molecule has 4 aromatic rings. The van der Waals surface area contributed by atoms with Gasteiger partial charge in [-0.25, -0.2) is 9.59 Å². The summed E-state index contributed by atoms with van der Waals surface area (Å²) in [6.45, 7) is 2.83. The van der Waals surface area contributed by atoms with Gasteiger partial charge in [-0.3, -0.25) is 19.2 Å². The highest BCUT2D eigenvalue weighted by Gasteiger charge is 2.51. The number of amides is 6. The fourth-order valence-corrected chi connectivity index (χ4v) is 14.2. The van der Waals surface area contributed by atoms with Gasteiger partial charge in [0.15, 0.2) is 0 Å². The van der Waals surface area contributed by atoms with Gasteiger partial charge in [0, 0.05) is 31.7 Å². The van der Waals surface area contributed by atoms with Gasteiger partial charge in [0.2, 0.25) is 0 Å². The number of fused-ring (bicyclic) bond motifs is 7. The third-order valence-corrected chi connectivity index (χ3v) is 16.9. The lowest BCUT2D eigenvalue weighted by molar-refractivity contribution is -0.140. The quantitative estimate of drug-likeness (QED) is 0.134. The zero-order valence-corrected chi connectivity index (χ0v) is 39.1. The van der Waals surface area contributed by atoms with Crippen molar-refractivity contribution in [3.63, 3.8) is 0 Å². The maximum absolute atomic E-state index is 14.3.